The number of hydrogen-bond donors (Lipinski definition) is 1. The minimum atomic E-state index is -0.418. The molecular formula is C19H25ClO3. The van der Waals surface area contributed by atoms with Crippen LogP contribution in [-0.2, 0) is 0 Å². The van der Waals surface area contributed by atoms with Crippen molar-refractivity contribution in [1.82, 2.24) is 0 Å². The molecule has 0 spiro atoms. The normalized spacial score (nSPS) is 16.7. The van der Waals surface area contributed by atoms with Crippen molar-refractivity contribution < 1.29 is 14.6 Å². The number of ether oxygens (including phenoxy) is 2. The van der Waals surface area contributed by atoms with Gasteiger partial charge < -0.3 is 14.6 Å². The lowest BCUT2D eigenvalue weighted by Gasteiger charge is -2.34. The number of fused-ring (bicyclic) bond motifs is 1. The van der Waals surface area contributed by atoms with Crippen LogP contribution in [0, 0.1) is 5.92 Å². The van der Waals surface area contributed by atoms with Crippen LogP contribution in [0.4, 0.5) is 0 Å². The Hall–Kier alpha value is -1.45. The van der Waals surface area contributed by atoms with Crippen LogP contribution in [0.3, 0.4) is 0 Å². The number of aliphatic hydroxyl groups is 1. The summed E-state index contributed by atoms with van der Waals surface area (Å²) in [6, 6.07) is 2.04. The van der Waals surface area contributed by atoms with Crippen molar-refractivity contribution in [2.45, 2.75) is 40.2 Å². The van der Waals surface area contributed by atoms with E-state index >= 15 is 0 Å². The van der Waals surface area contributed by atoms with Crippen molar-refractivity contribution in [2.75, 3.05) is 13.7 Å². The molecule has 0 saturated heterocycles. The first kappa shape index (κ1) is 17.9. The molecule has 0 aliphatic carbocycles. The second-order valence-corrected chi connectivity index (χ2v) is 7.06. The average molecular weight is 337 g/mol. The minimum absolute atomic E-state index is 0.0277. The summed E-state index contributed by atoms with van der Waals surface area (Å²) in [6.07, 6.45) is 3.89. The van der Waals surface area contributed by atoms with Crippen LogP contribution in [0.25, 0.3) is 11.1 Å². The summed E-state index contributed by atoms with van der Waals surface area (Å²) in [5, 5.41) is 9.67. The fourth-order valence-electron chi connectivity index (χ4n) is 2.89. The molecule has 1 N–H and O–H groups in total. The molecule has 1 aliphatic rings. The van der Waals surface area contributed by atoms with E-state index in [1.165, 1.54) is 5.57 Å². The zero-order valence-corrected chi connectivity index (χ0v) is 15.4. The molecule has 1 aromatic rings. The number of rotatable bonds is 4. The molecule has 1 heterocycles. The Kier molecular flexibility index (Phi) is 5.12. The van der Waals surface area contributed by atoms with E-state index in [1.54, 1.807) is 13.2 Å². The zero-order valence-electron chi connectivity index (χ0n) is 14.7. The lowest BCUT2D eigenvalue weighted by Crippen LogP contribution is -2.30. The van der Waals surface area contributed by atoms with Gasteiger partial charge in [-0.15, -0.1) is 0 Å². The number of aliphatic hydroxyl groups excluding tert-OH is 1. The van der Waals surface area contributed by atoms with E-state index < -0.39 is 5.60 Å². The summed E-state index contributed by atoms with van der Waals surface area (Å²) in [5.74, 6) is 1.59. The maximum Gasteiger partial charge on any atom is 0.150 e. The maximum absolute atomic E-state index is 9.19. The van der Waals surface area contributed by atoms with Gasteiger partial charge in [0.25, 0.3) is 0 Å². The largest absolute Gasteiger partial charge is 0.494 e. The van der Waals surface area contributed by atoms with E-state index in [2.05, 4.69) is 19.9 Å². The summed E-state index contributed by atoms with van der Waals surface area (Å²) < 4.78 is 11.6. The molecule has 0 atom stereocenters. The van der Waals surface area contributed by atoms with Crippen LogP contribution in [0.1, 0.15) is 45.7 Å². The molecule has 0 aromatic heterocycles. The molecule has 0 fully saturated rings. The van der Waals surface area contributed by atoms with Crippen LogP contribution < -0.4 is 9.47 Å². The van der Waals surface area contributed by atoms with Crippen LogP contribution in [0.2, 0.25) is 5.02 Å². The van der Waals surface area contributed by atoms with E-state index in [9.17, 15) is 5.11 Å². The van der Waals surface area contributed by atoms with E-state index in [0.29, 0.717) is 22.4 Å². The highest BCUT2D eigenvalue weighted by Gasteiger charge is 2.32. The molecule has 0 bridgehead atoms. The smallest absolute Gasteiger partial charge is 0.150 e. The molecule has 0 unspecified atom stereocenters. The molecule has 1 aliphatic heterocycles. The third-order valence-electron chi connectivity index (χ3n) is 4.00. The van der Waals surface area contributed by atoms with Crippen molar-refractivity contribution >= 4 is 22.7 Å². The lowest BCUT2D eigenvalue weighted by atomic mass is 9.86. The van der Waals surface area contributed by atoms with Crippen molar-refractivity contribution in [3.8, 4) is 11.5 Å². The average Bonchev–Trinajstić information content (AvgIpc) is 2.46. The third kappa shape index (κ3) is 3.41. The Bertz CT molecular complexity index is 670. The van der Waals surface area contributed by atoms with Gasteiger partial charge in [0.1, 0.15) is 16.4 Å². The van der Waals surface area contributed by atoms with Gasteiger partial charge in [0.15, 0.2) is 5.75 Å². The Morgan fingerprint density at radius 1 is 1.43 bits per heavy atom. The highest BCUT2D eigenvalue weighted by Crippen LogP contribution is 2.49. The van der Waals surface area contributed by atoms with Gasteiger partial charge in [0.05, 0.1) is 13.7 Å². The van der Waals surface area contributed by atoms with Gasteiger partial charge in [-0.2, -0.15) is 0 Å². The van der Waals surface area contributed by atoms with Crippen molar-refractivity contribution in [3.05, 3.63) is 34.4 Å². The van der Waals surface area contributed by atoms with Crippen LogP contribution in [-0.4, -0.2) is 24.4 Å². The molecular weight excluding hydrogens is 312 g/mol. The summed E-state index contributed by atoms with van der Waals surface area (Å²) in [7, 11) is 1.59. The molecule has 0 radical (unpaired) electrons. The Morgan fingerprint density at radius 2 is 2.09 bits per heavy atom. The number of methoxy groups -OCH3 is 1. The second-order valence-electron chi connectivity index (χ2n) is 6.68. The first-order chi connectivity index (χ1) is 10.7. The highest BCUT2D eigenvalue weighted by molar-refractivity contribution is 6.34. The van der Waals surface area contributed by atoms with Gasteiger partial charge in [-0.05, 0) is 50.0 Å². The second kappa shape index (κ2) is 6.58. The molecule has 4 heteroatoms. The van der Waals surface area contributed by atoms with Crippen molar-refractivity contribution in [3.63, 3.8) is 0 Å². The van der Waals surface area contributed by atoms with E-state index in [1.807, 2.05) is 26.8 Å². The summed E-state index contributed by atoms with van der Waals surface area (Å²) in [4.78, 5) is 0. The SMILES string of the molecule is COc1c(/C(C)=C\CO)cc2c(c1Cl)OC(C)(C)C=C2C(C)C. The lowest BCUT2D eigenvalue weighted by molar-refractivity contribution is 0.156. The molecule has 23 heavy (non-hydrogen) atoms. The Labute approximate surface area is 143 Å². The summed E-state index contributed by atoms with van der Waals surface area (Å²) in [5.41, 5.74) is 3.57. The number of allylic oxidation sites excluding steroid dienone is 2. The predicted octanol–water partition coefficient (Wildman–Crippen LogP) is 4.95. The van der Waals surface area contributed by atoms with Gasteiger partial charge in [-0.3, -0.25) is 0 Å². The highest BCUT2D eigenvalue weighted by atomic mass is 35.5. The van der Waals surface area contributed by atoms with Gasteiger partial charge in [0.2, 0.25) is 0 Å². The van der Waals surface area contributed by atoms with Gasteiger partial charge in [-0.25, -0.2) is 0 Å². The summed E-state index contributed by atoms with van der Waals surface area (Å²) in [6.45, 7) is 10.3. The van der Waals surface area contributed by atoms with E-state index in [4.69, 9.17) is 21.1 Å². The maximum atomic E-state index is 9.19. The molecule has 2 rings (SSSR count). The van der Waals surface area contributed by atoms with Gasteiger partial charge >= 0.3 is 0 Å². The molecule has 3 nitrogen and oxygen atoms in total. The fourth-order valence-corrected chi connectivity index (χ4v) is 3.21. The van der Waals surface area contributed by atoms with Crippen LogP contribution in [0.15, 0.2) is 18.2 Å². The van der Waals surface area contributed by atoms with Crippen molar-refractivity contribution in [1.29, 1.82) is 0 Å². The quantitative estimate of drug-likeness (QED) is 0.845. The van der Waals surface area contributed by atoms with Gasteiger partial charge in [0, 0.05) is 11.1 Å². The molecule has 1 aromatic carbocycles. The number of benzene rings is 1. The topological polar surface area (TPSA) is 38.7 Å². The molecule has 0 amide bonds. The minimum Gasteiger partial charge on any atom is -0.494 e. The first-order valence-electron chi connectivity index (χ1n) is 7.82. The third-order valence-corrected chi connectivity index (χ3v) is 4.35. The Morgan fingerprint density at radius 3 is 2.61 bits per heavy atom. The fraction of sp³-hybridized carbons (Fsp3) is 0.474. The predicted molar refractivity (Wildman–Crippen MR) is 96.3 cm³/mol. The van der Waals surface area contributed by atoms with Gasteiger partial charge in [-0.1, -0.05) is 31.5 Å². The zero-order chi connectivity index (χ0) is 17.4. The van der Waals surface area contributed by atoms with Crippen LogP contribution in [0.5, 0.6) is 11.5 Å². The Balaban J connectivity index is 2.77. The summed E-state index contributed by atoms with van der Waals surface area (Å²) >= 11 is 6.61. The van der Waals surface area contributed by atoms with Crippen molar-refractivity contribution in [2.24, 2.45) is 5.92 Å². The molecule has 0 saturated carbocycles. The standard InChI is InChI=1S/C19H25ClO3/c1-11(2)15-10-19(4,5)23-18-14(15)9-13(12(3)7-8-21)17(22-6)16(18)20/h7,9-11,21H,8H2,1-6H3/b12-7-. The van der Waals surface area contributed by atoms with Crippen LogP contribution >= 0.6 is 11.6 Å². The first-order valence-corrected chi connectivity index (χ1v) is 8.20. The molecule has 126 valence electrons. The number of halogens is 1. The number of hydrogen-bond acceptors (Lipinski definition) is 3. The van der Waals surface area contributed by atoms with E-state index in [0.717, 1.165) is 16.7 Å². The monoisotopic (exact) mass is 336 g/mol. The van der Waals surface area contributed by atoms with E-state index in [-0.39, 0.29) is 6.61 Å².